The number of nitrogens with one attached hydrogen (secondary N) is 3. The van der Waals surface area contributed by atoms with Crippen LogP contribution in [0.1, 0.15) is 86.5 Å². The van der Waals surface area contributed by atoms with Gasteiger partial charge in [-0.05, 0) is 38.1 Å². The lowest BCUT2D eigenvalue weighted by atomic mass is 9.89. The van der Waals surface area contributed by atoms with Gasteiger partial charge in [-0.3, -0.25) is 19.3 Å². The number of likely N-dealkylation sites (N-methyl/N-ethyl adjacent to an activating group) is 1. The fourth-order valence-electron chi connectivity index (χ4n) is 3.83. The van der Waals surface area contributed by atoms with Crippen molar-refractivity contribution in [3.8, 4) is 0 Å². The molecule has 1 unspecified atom stereocenters. The molecule has 1 heterocycles. The van der Waals surface area contributed by atoms with Crippen molar-refractivity contribution in [1.82, 2.24) is 20.9 Å². The topological polar surface area (TPSA) is 90.5 Å². The van der Waals surface area contributed by atoms with E-state index in [1.54, 1.807) is 7.05 Å². The summed E-state index contributed by atoms with van der Waals surface area (Å²) in [4.78, 5) is 39.5. The van der Waals surface area contributed by atoms with Crippen molar-refractivity contribution >= 4 is 17.6 Å². The Balaban J connectivity index is 2.51. The Morgan fingerprint density at radius 1 is 0.969 bits per heavy atom. The van der Waals surface area contributed by atoms with Gasteiger partial charge in [-0.15, -0.1) is 0 Å². The van der Waals surface area contributed by atoms with Crippen molar-refractivity contribution < 1.29 is 14.4 Å². The highest BCUT2D eigenvalue weighted by atomic mass is 16.2. The number of likely N-dealkylation sites (tertiary alicyclic amines) is 1. The average molecular weight is 453 g/mol. The Morgan fingerprint density at radius 2 is 1.59 bits per heavy atom. The van der Waals surface area contributed by atoms with Gasteiger partial charge < -0.3 is 16.0 Å². The minimum Gasteiger partial charge on any atom is -0.351 e. The molecular weight excluding hydrogens is 404 g/mol. The second-order valence-electron chi connectivity index (χ2n) is 11.5. The number of piperidine rings is 1. The fourth-order valence-corrected chi connectivity index (χ4v) is 3.83. The predicted octanol–water partition coefficient (Wildman–Crippen LogP) is 2.88. The zero-order chi connectivity index (χ0) is 24.4. The molecule has 3 N–H and O–H groups in total. The highest BCUT2D eigenvalue weighted by Crippen LogP contribution is 2.22. The van der Waals surface area contributed by atoms with Gasteiger partial charge >= 0.3 is 0 Å². The van der Waals surface area contributed by atoms with E-state index < -0.39 is 6.04 Å². The van der Waals surface area contributed by atoms with Crippen molar-refractivity contribution in [2.45, 2.75) is 98.6 Å². The van der Waals surface area contributed by atoms with Crippen LogP contribution in [0.25, 0.3) is 0 Å². The molecule has 1 aliphatic heterocycles. The molecule has 32 heavy (non-hydrogen) atoms. The summed E-state index contributed by atoms with van der Waals surface area (Å²) >= 11 is 0. The van der Waals surface area contributed by atoms with Crippen LogP contribution in [0.4, 0.5) is 0 Å². The smallest absolute Gasteiger partial charge is 0.242 e. The van der Waals surface area contributed by atoms with Gasteiger partial charge in [-0.2, -0.15) is 0 Å². The van der Waals surface area contributed by atoms with Crippen LogP contribution in [0.3, 0.4) is 0 Å². The monoisotopic (exact) mass is 452 g/mol. The van der Waals surface area contributed by atoms with Crippen molar-refractivity contribution in [3.63, 3.8) is 0 Å². The molecule has 0 bridgehead atoms. The molecule has 0 saturated carbocycles. The zero-order valence-electron chi connectivity index (χ0n) is 21.6. The molecular formula is C25H48N4O3. The van der Waals surface area contributed by atoms with Crippen LogP contribution < -0.4 is 16.0 Å². The molecule has 2 amide bonds. The van der Waals surface area contributed by atoms with E-state index in [-0.39, 0.29) is 35.6 Å². The molecule has 1 saturated heterocycles. The van der Waals surface area contributed by atoms with Crippen molar-refractivity contribution in [2.24, 2.45) is 10.8 Å². The molecule has 186 valence electrons. The first-order valence-electron chi connectivity index (χ1n) is 12.3. The summed E-state index contributed by atoms with van der Waals surface area (Å²) in [7, 11) is 1.72. The molecule has 0 aliphatic carbocycles. The number of amides is 2. The summed E-state index contributed by atoms with van der Waals surface area (Å²) in [5.74, 6) is 0.00565. The van der Waals surface area contributed by atoms with Crippen LogP contribution in [0, 0.1) is 10.8 Å². The molecule has 0 radical (unpaired) electrons. The van der Waals surface area contributed by atoms with Crippen LogP contribution in [0.5, 0.6) is 0 Å². The van der Waals surface area contributed by atoms with E-state index >= 15 is 0 Å². The Hall–Kier alpha value is -1.47. The first-order valence-corrected chi connectivity index (χ1v) is 12.3. The number of hydrogen-bond donors (Lipinski definition) is 3. The van der Waals surface area contributed by atoms with Crippen molar-refractivity contribution in [2.75, 3.05) is 33.2 Å². The molecule has 1 fully saturated rings. The Morgan fingerprint density at radius 3 is 2.12 bits per heavy atom. The number of carbonyl (C=O) groups excluding carboxylic acids is 3. The molecule has 1 atom stereocenters. The van der Waals surface area contributed by atoms with Crippen molar-refractivity contribution in [1.29, 1.82) is 0 Å². The summed E-state index contributed by atoms with van der Waals surface area (Å²) < 4.78 is 0. The molecule has 0 aromatic carbocycles. The summed E-state index contributed by atoms with van der Waals surface area (Å²) in [5, 5.41) is 8.89. The molecule has 0 aromatic rings. The number of rotatable bonds is 12. The number of Topliss-reactive ketones (excluding diaryl/α,β-unsaturated/α-hetero) is 1. The van der Waals surface area contributed by atoms with Crippen LogP contribution in [-0.2, 0) is 14.4 Å². The third kappa shape index (κ3) is 12.0. The third-order valence-electron chi connectivity index (χ3n) is 6.05. The summed E-state index contributed by atoms with van der Waals surface area (Å²) in [6.45, 7) is 14.9. The van der Waals surface area contributed by atoms with Gasteiger partial charge in [0, 0.05) is 24.5 Å². The van der Waals surface area contributed by atoms with Gasteiger partial charge in [0.15, 0.2) is 5.78 Å². The van der Waals surface area contributed by atoms with Crippen LogP contribution >= 0.6 is 0 Å². The third-order valence-corrected chi connectivity index (χ3v) is 6.05. The number of nitrogens with zero attached hydrogens (tertiary/aromatic N) is 1. The normalized spacial score (nSPS) is 17.1. The van der Waals surface area contributed by atoms with Gasteiger partial charge in [-0.25, -0.2) is 0 Å². The van der Waals surface area contributed by atoms with E-state index in [4.69, 9.17) is 0 Å². The number of carbonyl (C=O) groups is 3. The van der Waals surface area contributed by atoms with Crippen LogP contribution in [0.2, 0.25) is 0 Å². The highest BCUT2D eigenvalue weighted by Gasteiger charge is 2.28. The van der Waals surface area contributed by atoms with Crippen LogP contribution in [0.15, 0.2) is 0 Å². The van der Waals surface area contributed by atoms with E-state index in [0.717, 1.165) is 51.6 Å². The maximum Gasteiger partial charge on any atom is 0.242 e. The summed E-state index contributed by atoms with van der Waals surface area (Å²) in [6, 6.07) is -0.404. The maximum atomic E-state index is 13.0. The number of hydrogen-bond acceptors (Lipinski definition) is 5. The molecule has 1 rings (SSSR count). The first-order chi connectivity index (χ1) is 14.8. The fraction of sp³-hybridized carbons (Fsp3) is 0.880. The van der Waals surface area contributed by atoms with E-state index in [1.807, 2.05) is 20.8 Å². The van der Waals surface area contributed by atoms with E-state index in [1.165, 1.54) is 0 Å². The standard InChI is InChI=1S/C25H48N4O3/c1-24(2,3)14-10-8-9-11-20(28-22(31)17-26-7)23(32)27-19-12-15-29(16-13-19)18-21(30)25(4,5)6/h19-20,26H,8-18H2,1-7H3,(H,27,32)(H,28,31). The van der Waals surface area contributed by atoms with Crippen LogP contribution in [-0.4, -0.2) is 67.8 Å². The first kappa shape index (κ1) is 28.6. The highest BCUT2D eigenvalue weighted by molar-refractivity contribution is 5.88. The quantitative estimate of drug-likeness (QED) is 0.396. The maximum absolute atomic E-state index is 13.0. The molecule has 1 aliphatic rings. The minimum atomic E-state index is -0.494. The number of ketones is 1. The van der Waals surface area contributed by atoms with Gasteiger partial charge in [0.1, 0.15) is 6.04 Å². The Bertz CT molecular complexity index is 599. The van der Waals surface area contributed by atoms with Crippen molar-refractivity contribution in [3.05, 3.63) is 0 Å². The van der Waals surface area contributed by atoms with E-state index in [2.05, 4.69) is 41.6 Å². The lowest BCUT2D eigenvalue weighted by Crippen LogP contribution is -2.53. The molecule has 0 aromatic heterocycles. The SMILES string of the molecule is CNCC(=O)NC(CCCCCC(C)(C)C)C(=O)NC1CCN(CC(=O)C(C)(C)C)CC1. The molecule has 0 spiro atoms. The number of unbranched alkanes of at least 4 members (excludes halogenated alkanes) is 2. The minimum absolute atomic E-state index is 0.0884. The van der Waals surface area contributed by atoms with Gasteiger partial charge in [-0.1, -0.05) is 60.8 Å². The summed E-state index contributed by atoms with van der Waals surface area (Å²) in [6.07, 6.45) is 6.58. The second kappa shape index (κ2) is 13.3. The Labute approximate surface area is 195 Å². The van der Waals surface area contributed by atoms with Gasteiger partial charge in [0.25, 0.3) is 0 Å². The summed E-state index contributed by atoms with van der Waals surface area (Å²) in [5.41, 5.74) is 0.000860. The molecule has 7 heteroatoms. The zero-order valence-corrected chi connectivity index (χ0v) is 21.6. The Kier molecular flexibility index (Phi) is 11.9. The predicted molar refractivity (Wildman–Crippen MR) is 130 cm³/mol. The van der Waals surface area contributed by atoms with E-state index in [0.29, 0.717) is 18.4 Å². The van der Waals surface area contributed by atoms with Gasteiger partial charge in [0.2, 0.25) is 11.8 Å². The van der Waals surface area contributed by atoms with Gasteiger partial charge in [0.05, 0.1) is 13.1 Å². The molecule has 7 nitrogen and oxygen atoms in total. The van der Waals surface area contributed by atoms with E-state index in [9.17, 15) is 14.4 Å². The second-order valence-corrected chi connectivity index (χ2v) is 11.5. The average Bonchev–Trinajstić information content (AvgIpc) is 2.66. The lowest BCUT2D eigenvalue weighted by Gasteiger charge is -2.34. The lowest BCUT2D eigenvalue weighted by molar-refractivity contribution is -0.130. The largest absolute Gasteiger partial charge is 0.351 e.